The highest BCUT2D eigenvalue weighted by Gasteiger charge is 2.26. The van der Waals surface area contributed by atoms with Gasteiger partial charge in [-0.15, -0.1) is 0 Å². The van der Waals surface area contributed by atoms with Gasteiger partial charge >= 0.3 is 0 Å². The molecule has 0 aliphatic heterocycles. The zero-order valence-corrected chi connectivity index (χ0v) is 18.1. The Morgan fingerprint density at radius 2 is 0.893 bits per heavy atom. The molecule has 146 valence electrons. The molecule has 0 fully saturated rings. The number of hydrogen-bond donors (Lipinski definition) is 0. The number of halogens is 3. The highest BCUT2D eigenvalue weighted by Crippen LogP contribution is 2.43. The third-order valence-electron chi connectivity index (χ3n) is 4.45. The first kappa shape index (κ1) is 19.9. The van der Waals surface area contributed by atoms with Crippen molar-refractivity contribution in [2.45, 2.75) is 14.7 Å². The second-order valence-corrected chi connectivity index (χ2v) is 13.6. The first-order chi connectivity index (χ1) is 12.8. The Balaban J connectivity index is 2.43. The van der Waals surface area contributed by atoms with Gasteiger partial charge in [0.15, 0.2) is 0 Å². The Morgan fingerprint density at radius 3 is 1.36 bits per heavy atom. The minimum absolute atomic E-state index is 0.135. The maximum Gasteiger partial charge on any atom is 0.261 e. The van der Waals surface area contributed by atoms with E-state index in [4.69, 9.17) is 32.0 Å². The highest BCUT2D eigenvalue weighted by atomic mass is 35.7. The van der Waals surface area contributed by atoms with Crippen molar-refractivity contribution < 1.29 is 25.3 Å². The molecular formula is C16H7Cl3O6S3. The molecular weight excluding hydrogens is 491 g/mol. The maximum absolute atomic E-state index is 12.1. The topological polar surface area (TPSA) is 102 Å². The summed E-state index contributed by atoms with van der Waals surface area (Å²) >= 11 is 0. The first-order valence-corrected chi connectivity index (χ1v) is 14.3. The van der Waals surface area contributed by atoms with Crippen molar-refractivity contribution in [1.82, 2.24) is 0 Å². The van der Waals surface area contributed by atoms with Gasteiger partial charge in [0, 0.05) is 53.6 Å². The number of rotatable bonds is 3. The smallest absolute Gasteiger partial charge is 0.207 e. The second kappa shape index (κ2) is 6.07. The molecule has 0 atom stereocenters. The summed E-state index contributed by atoms with van der Waals surface area (Å²) in [4.78, 5) is -1.09. The fourth-order valence-electron chi connectivity index (χ4n) is 3.42. The molecule has 0 saturated carbocycles. The van der Waals surface area contributed by atoms with Gasteiger partial charge in [-0.05, 0) is 22.9 Å². The van der Waals surface area contributed by atoms with Crippen LogP contribution in [0, 0.1) is 0 Å². The summed E-state index contributed by atoms with van der Waals surface area (Å²) in [6, 6.07) is 9.52. The van der Waals surface area contributed by atoms with Crippen LogP contribution in [-0.2, 0) is 27.2 Å². The molecule has 0 unspecified atom stereocenters. The van der Waals surface area contributed by atoms with E-state index in [1.54, 1.807) is 6.07 Å². The molecule has 12 heteroatoms. The number of hydrogen-bond acceptors (Lipinski definition) is 6. The fraction of sp³-hybridized carbons (Fsp3) is 0. The van der Waals surface area contributed by atoms with Crippen molar-refractivity contribution in [2.75, 3.05) is 0 Å². The van der Waals surface area contributed by atoms with E-state index in [-0.39, 0.29) is 26.4 Å². The molecule has 4 aromatic rings. The lowest BCUT2D eigenvalue weighted by atomic mass is 9.94. The summed E-state index contributed by atoms with van der Waals surface area (Å²) in [5.41, 5.74) is 0. The van der Waals surface area contributed by atoms with Crippen LogP contribution in [0.15, 0.2) is 57.2 Å². The predicted molar refractivity (Wildman–Crippen MR) is 109 cm³/mol. The highest BCUT2D eigenvalue weighted by molar-refractivity contribution is 8.14. The Morgan fingerprint density at radius 1 is 0.500 bits per heavy atom. The molecule has 0 amide bonds. The van der Waals surface area contributed by atoms with Crippen LogP contribution in [0.4, 0.5) is 0 Å². The van der Waals surface area contributed by atoms with Gasteiger partial charge in [-0.1, -0.05) is 30.3 Å². The minimum Gasteiger partial charge on any atom is -0.207 e. The van der Waals surface area contributed by atoms with Gasteiger partial charge < -0.3 is 0 Å². The average Bonchev–Trinajstić information content (AvgIpc) is 2.55. The third kappa shape index (κ3) is 3.01. The quantitative estimate of drug-likeness (QED) is 0.308. The Labute approximate surface area is 173 Å². The van der Waals surface area contributed by atoms with Crippen molar-refractivity contribution in [3.8, 4) is 0 Å². The normalized spacial score (nSPS) is 13.7. The number of benzene rings is 4. The Bertz CT molecular complexity index is 1570. The average molecular weight is 498 g/mol. The van der Waals surface area contributed by atoms with Crippen LogP contribution in [-0.4, -0.2) is 25.3 Å². The summed E-state index contributed by atoms with van der Waals surface area (Å²) in [7, 11) is 3.77. The molecule has 0 saturated heterocycles. The van der Waals surface area contributed by atoms with Gasteiger partial charge in [-0.25, -0.2) is 25.3 Å². The van der Waals surface area contributed by atoms with Crippen LogP contribution in [0.5, 0.6) is 0 Å². The third-order valence-corrected chi connectivity index (χ3v) is 8.56. The van der Waals surface area contributed by atoms with Crippen LogP contribution in [0.25, 0.3) is 32.3 Å². The summed E-state index contributed by atoms with van der Waals surface area (Å²) < 4.78 is 72.3. The molecule has 6 nitrogen and oxygen atoms in total. The van der Waals surface area contributed by atoms with E-state index in [1.165, 1.54) is 30.3 Å². The molecule has 28 heavy (non-hydrogen) atoms. The van der Waals surface area contributed by atoms with Gasteiger partial charge in [-0.2, -0.15) is 0 Å². The first-order valence-electron chi connectivity index (χ1n) is 7.38. The van der Waals surface area contributed by atoms with Gasteiger partial charge in [0.05, 0.1) is 14.7 Å². The van der Waals surface area contributed by atoms with E-state index in [1.807, 2.05) is 0 Å². The zero-order chi connectivity index (χ0) is 20.6. The van der Waals surface area contributed by atoms with Crippen LogP contribution in [0.1, 0.15) is 0 Å². The van der Waals surface area contributed by atoms with Crippen molar-refractivity contribution in [1.29, 1.82) is 0 Å². The Kier molecular flexibility index (Phi) is 4.32. The van der Waals surface area contributed by atoms with Crippen molar-refractivity contribution in [2.24, 2.45) is 0 Å². The van der Waals surface area contributed by atoms with Crippen LogP contribution >= 0.6 is 32.0 Å². The Hall–Kier alpha value is -1.36. The molecule has 0 aliphatic carbocycles. The summed E-state index contributed by atoms with van der Waals surface area (Å²) in [5.74, 6) is 0. The minimum atomic E-state index is -4.34. The fourth-order valence-corrected chi connectivity index (χ4v) is 6.71. The molecule has 4 rings (SSSR count). The molecule has 0 heterocycles. The lowest BCUT2D eigenvalue weighted by Gasteiger charge is -2.16. The standard InChI is InChI=1S/C16H7Cl3O6S3/c17-26(20,21)12-6-2-8-1-3-10-13(27(18,22)23)7-14(28(19,24)25)11-5-4-9(12)15(8)16(10)11/h1-7H. The van der Waals surface area contributed by atoms with Gasteiger partial charge in [0.1, 0.15) is 0 Å². The summed E-state index contributed by atoms with van der Waals surface area (Å²) in [6.07, 6.45) is 0. The molecule has 0 aliphatic rings. The van der Waals surface area contributed by atoms with Crippen LogP contribution < -0.4 is 0 Å². The lowest BCUT2D eigenvalue weighted by Crippen LogP contribution is -2.01. The van der Waals surface area contributed by atoms with Crippen molar-refractivity contribution >= 4 is 91.5 Å². The van der Waals surface area contributed by atoms with Crippen molar-refractivity contribution in [3.63, 3.8) is 0 Å². The van der Waals surface area contributed by atoms with E-state index in [2.05, 4.69) is 0 Å². The predicted octanol–water partition coefficient (Wildman–Crippen LogP) is 4.37. The van der Waals surface area contributed by atoms with Crippen molar-refractivity contribution in [3.05, 3.63) is 42.5 Å². The monoisotopic (exact) mass is 496 g/mol. The second-order valence-electron chi connectivity index (χ2n) is 6.00. The largest absolute Gasteiger partial charge is 0.261 e. The van der Waals surface area contributed by atoms with E-state index in [9.17, 15) is 25.3 Å². The molecule has 0 aromatic heterocycles. The van der Waals surface area contributed by atoms with Gasteiger partial charge in [0.2, 0.25) is 0 Å². The summed E-state index contributed by atoms with van der Waals surface area (Å²) in [5, 5.41) is 1.58. The molecule has 0 bridgehead atoms. The molecule has 0 radical (unpaired) electrons. The SMILES string of the molecule is O=S(=O)(Cl)c1ccc2ccc3c(S(=O)(=O)Cl)cc(S(=O)(=O)Cl)c4ccc1c2c34. The van der Waals surface area contributed by atoms with E-state index < -0.39 is 36.9 Å². The zero-order valence-electron chi connectivity index (χ0n) is 13.3. The van der Waals surface area contributed by atoms with E-state index >= 15 is 0 Å². The van der Waals surface area contributed by atoms with Crippen LogP contribution in [0.3, 0.4) is 0 Å². The molecule has 4 aromatic carbocycles. The summed E-state index contributed by atoms with van der Waals surface area (Å²) in [6.45, 7) is 0. The van der Waals surface area contributed by atoms with E-state index in [0.717, 1.165) is 6.07 Å². The van der Waals surface area contributed by atoms with Gasteiger partial charge in [0.25, 0.3) is 27.2 Å². The van der Waals surface area contributed by atoms with Gasteiger partial charge in [-0.3, -0.25) is 0 Å². The maximum atomic E-state index is 12.1. The van der Waals surface area contributed by atoms with Crippen LogP contribution in [0.2, 0.25) is 0 Å². The van der Waals surface area contributed by atoms with E-state index in [0.29, 0.717) is 10.8 Å². The lowest BCUT2D eigenvalue weighted by molar-refractivity contribution is 0.607. The molecule has 0 spiro atoms. The molecule has 0 N–H and O–H groups in total.